The minimum Gasteiger partial charge on any atom is -0.398 e. The summed E-state index contributed by atoms with van der Waals surface area (Å²) in [6, 6.07) is 3.67. The van der Waals surface area contributed by atoms with E-state index in [1.54, 1.807) is 12.4 Å². The van der Waals surface area contributed by atoms with E-state index in [4.69, 9.17) is 5.73 Å². The van der Waals surface area contributed by atoms with E-state index in [2.05, 4.69) is 20.3 Å². The molecule has 0 saturated heterocycles. The number of nitrogens with zero attached hydrogens (tertiary/aromatic N) is 3. The number of hydrogen-bond donors (Lipinski definition) is 2. The van der Waals surface area contributed by atoms with Crippen LogP contribution in [-0.2, 0) is 6.54 Å². The summed E-state index contributed by atoms with van der Waals surface area (Å²) in [6.07, 6.45) is 4.98. The van der Waals surface area contributed by atoms with Gasteiger partial charge in [-0.25, -0.2) is 15.0 Å². The average Bonchev–Trinajstić information content (AvgIpc) is 2.32. The van der Waals surface area contributed by atoms with Gasteiger partial charge >= 0.3 is 0 Å². The SMILES string of the molecule is Cc1cnc(NCc2ccncn2)cc1N. The molecule has 5 nitrogen and oxygen atoms in total. The highest BCUT2D eigenvalue weighted by Gasteiger charge is 1.98. The molecule has 0 bridgehead atoms. The first-order chi connectivity index (χ1) is 7.75. The monoisotopic (exact) mass is 215 g/mol. The van der Waals surface area contributed by atoms with Crippen molar-refractivity contribution in [2.75, 3.05) is 11.1 Å². The lowest BCUT2D eigenvalue weighted by atomic mass is 10.2. The molecule has 0 fully saturated rings. The summed E-state index contributed by atoms with van der Waals surface area (Å²) in [5.74, 6) is 0.752. The molecule has 0 atom stereocenters. The van der Waals surface area contributed by atoms with Crippen molar-refractivity contribution >= 4 is 11.5 Å². The maximum atomic E-state index is 5.78. The Labute approximate surface area is 93.8 Å². The highest BCUT2D eigenvalue weighted by atomic mass is 15.0. The van der Waals surface area contributed by atoms with E-state index >= 15 is 0 Å². The summed E-state index contributed by atoms with van der Waals surface area (Å²) in [7, 11) is 0. The molecule has 0 saturated carbocycles. The number of aromatic nitrogens is 3. The molecule has 2 rings (SSSR count). The van der Waals surface area contributed by atoms with Crippen molar-refractivity contribution in [3.05, 3.63) is 42.1 Å². The maximum Gasteiger partial charge on any atom is 0.128 e. The van der Waals surface area contributed by atoms with Crippen LogP contribution in [0.15, 0.2) is 30.9 Å². The van der Waals surface area contributed by atoms with Gasteiger partial charge in [0.2, 0.25) is 0 Å². The molecule has 0 aromatic carbocycles. The van der Waals surface area contributed by atoms with Gasteiger partial charge < -0.3 is 11.1 Å². The maximum absolute atomic E-state index is 5.78. The second-order valence-corrected chi connectivity index (χ2v) is 3.48. The van der Waals surface area contributed by atoms with Crippen molar-refractivity contribution in [3.8, 4) is 0 Å². The van der Waals surface area contributed by atoms with E-state index < -0.39 is 0 Å². The Bertz CT molecular complexity index is 469. The van der Waals surface area contributed by atoms with Crippen LogP contribution in [0.3, 0.4) is 0 Å². The number of aryl methyl sites for hydroxylation is 1. The first-order valence-electron chi connectivity index (χ1n) is 4.96. The summed E-state index contributed by atoms with van der Waals surface area (Å²) in [5, 5.41) is 3.15. The highest BCUT2D eigenvalue weighted by molar-refractivity contribution is 5.53. The third-order valence-corrected chi connectivity index (χ3v) is 2.24. The summed E-state index contributed by atoms with van der Waals surface area (Å²) < 4.78 is 0. The van der Waals surface area contributed by atoms with Gasteiger partial charge in [0.1, 0.15) is 12.1 Å². The summed E-state index contributed by atoms with van der Waals surface area (Å²) >= 11 is 0. The Morgan fingerprint density at radius 2 is 2.25 bits per heavy atom. The third kappa shape index (κ3) is 2.44. The lowest BCUT2D eigenvalue weighted by molar-refractivity contribution is 0.996. The molecule has 0 spiro atoms. The van der Waals surface area contributed by atoms with Gasteiger partial charge in [0.25, 0.3) is 0 Å². The fourth-order valence-electron chi connectivity index (χ4n) is 1.24. The van der Waals surface area contributed by atoms with Gasteiger partial charge in [0.05, 0.1) is 12.2 Å². The number of anilines is 2. The molecule has 5 heteroatoms. The van der Waals surface area contributed by atoms with E-state index in [0.717, 1.165) is 22.8 Å². The van der Waals surface area contributed by atoms with Crippen LogP contribution in [0.25, 0.3) is 0 Å². The van der Waals surface area contributed by atoms with E-state index in [-0.39, 0.29) is 0 Å². The van der Waals surface area contributed by atoms with Crippen LogP contribution >= 0.6 is 0 Å². The van der Waals surface area contributed by atoms with Crippen molar-refractivity contribution in [2.24, 2.45) is 0 Å². The topological polar surface area (TPSA) is 76.7 Å². The average molecular weight is 215 g/mol. The van der Waals surface area contributed by atoms with Crippen molar-refractivity contribution in [3.63, 3.8) is 0 Å². The number of pyridine rings is 1. The lowest BCUT2D eigenvalue weighted by Crippen LogP contribution is -2.04. The van der Waals surface area contributed by atoms with Crippen LogP contribution in [-0.4, -0.2) is 15.0 Å². The minimum absolute atomic E-state index is 0.609. The van der Waals surface area contributed by atoms with Crippen LogP contribution in [0.4, 0.5) is 11.5 Å². The summed E-state index contributed by atoms with van der Waals surface area (Å²) in [4.78, 5) is 12.2. The zero-order chi connectivity index (χ0) is 11.4. The predicted molar refractivity (Wildman–Crippen MR) is 62.7 cm³/mol. The number of nitrogens with one attached hydrogen (secondary N) is 1. The van der Waals surface area contributed by atoms with Crippen LogP contribution in [0.5, 0.6) is 0 Å². The molecule has 0 radical (unpaired) electrons. The quantitative estimate of drug-likeness (QED) is 0.808. The van der Waals surface area contributed by atoms with Gasteiger partial charge in [-0.3, -0.25) is 0 Å². The second kappa shape index (κ2) is 4.57. The zero-order valence-corrected chi connectivity index (χ0v) is 9.01. The van der Waals surface area contributed by atoms with Crippen LogP contribution < -0.4 is 11.1 Å². The largest absolute Gasteiger partial charge is 0.398 e. The van der Waals surface area contributed by atoms with Crippen molar-refractivity contribution < 1.29 is 0 Å². The van der Waals surface area contributed by atoms with E-state index in [1.165, 1.54) is 6.33 Å². The van der Waals surface area contributed by atoms with Crippen molar-refractivity contribution in [1.29, 1.82) is 0 Å². The van der Waals surface area contributed by atoms with Crippen LogP contribution in [0.2, 0.25) is 0 Å². The molecule has 2 heterocycles. The fraction of sp³-hybridized carbons (Fsp3) is 0.182. The third-order valence-electron chi connectivity index (χ3n) is 2.24. The highest BCUT2D eigenvalue weighted by Crippen LogP contribution is 2.13. The van der Waals surface area contributed by atoms with E-state index in [1.807, 2.05) is 19.1 Å². The van der Waals surface area contributed by atoms with Crippen LogP contribution in [0, 0.1) is 6.92 Å². The normalized spacial score (nSPS) is 10.1. The Morgan fingerprint density at radius 1 is 1.38 bits per heavy atom. The molecule has 0 aliphatic rings. The molecule has 82 valence electrons. The number of nitrogen functional groups attached to an aromatic ring is 1. The summed E-state index contributed by atoms with van der Waals surface area (Å²) in [6.45, 7) is 2.54. The lowest BCUT2D eigenvalue weighted by Gasteiger charge is -2.06. The Morgan fingerprint density at radius 3 is 2.94 bits per heavy atom. The van der Waals surface area contributed by atoms with Gasteiger partial charge in [-0.1, -0.05) is 0 Å². The van der Waals surface area contributed by atoms with Crippen LogP contribution in [0.1, 0.15) is 11.3 Å². The van der Waals surface area contributed by atoms with Crippen molar-refractivity contribution in [1.82, 2.24) is 15.0 Å². The van der Waals surface area contributed by atoms with Gasteiger partial charge in [-0.2, -0.15) is 0 Å². The van der Waals surface area contributed by atoms with Gasteiger partial charge in [-0.15, -0.1) is 0 Å². The van der Waals surface area contributed by atoms with E-state index in [0.29, 0.717) is 6.54 Å². The molecule has 2 aromatic heterocycles. The summed E-state index contributed by atoms with van der Waals surface area (Å²) in [5.41, 5.74) is 8.41. The smallest absolute Gasteiger partial charge is 0.128 e. The molecule has 3 N–H and O–H groups in total. The molecular weight excluding hydrogens is 202 g/mol. The van der Waals surface area contributed by atoms with Gasteiger partial charge in [0.15, 0.2) is 0 Å². The Kier molecular flexibility index (Phi) is 2.95. The fourth-order valence-corrected chi connectivity index (χ4v) is 1.24. The standard InChI is InChI=1S/C11H13N5/c1-8-5-14-11(4-10(8)12)15-6-9-2-3-13-7-16-9/h2-5,7H,6H2,1H3,(H3,12,14,15). The van der Waals surface area contributed by atoms with E-state index in [9.17, 15) is 0 Å². The molecule has 16 heavy (non-hydrogen) atoms. The number of rotatable bonds is 3. The molecule has 0 amide bonds. The molecule has 0 aliphatic heterocycles. The minimum atomic E-state index is 0.609. The second-order valence-electron chi connectivity index (χ2n) is 3.48. The first kappa shape index (κ1) is 10.4. The number of hydrogen-bond acceptors (Lipinski definition) is 5. The molecule has 0 aliphatic carbocycles. The van der Waals surface area contributed by atoms with Crippen molar-refractivity contribution in [2.45, 2.75) is 13.5 Å². The van der Waals surface area contributed by atoms with Gasteiger partial charge in [0, 0.05) is 24.1 Å². The Balaban J connectivity index is 2.03. The zero-order valence-electron chi connectivity index (χ0n) is 9.01. The number of nitrogens with two attached hydrogens (primary N) is 1. The predicted octanol–water partition coefficient (Wildman–Crippen LogP) is 1.37. The molecule has 0 unspecified atom stereocenters. The first-order valence-corrected chi connectivity index (χ1v) is 4.96. The Hall–Kier alpha value is -2.17. The molecular formula is C11H13N5. The molecule has 2 aromatic rings. The van der Waals surface area contributed by atoms with Gasteiger partial charge in [-0.05, 0) is 18.6 Å².